The first-order chi connectivity index (χ1) is 9.59. The second-order valence-corrected chi connectivity index (χ2v) is 3.73. The first-order valence-electron chi connectivity index (χ1n) is 5.75. The molecule has 0 radical (unpaired) electrons. The molecule has 0 spiro atoms. The average Bonchev–Trinajstić information content (AvgIpc) is 2.46. The summed E-state index contributed by atoms with van der Waals surface area (Å²) >= 11 is 0. The van der Waals surface area contributed by atoms with Crippen LogP contribution in [-0.4, -0.2) is 22.2 Å². The van der Waals surface area contributed by atoms with E-state index >= 15 is 0 Å². The Morgan fingerprint density at radius 2 is 1.55 bits per heavy atom. The third-order valence-electron chi connectivity index (χ3n) is 2.58. The highest BCUT2D eigenvalue weighted by Gasteiger charge is 2.14. The van der Waals surface area contributed by atoms with Gasteiger partial charge in [-0.25, -0.2) is 9.59 Å². The lowest BCUT2D eigenvalue weighted by Crippen LogP contribution is -2.03. The molecule has 0 unspecified atom stereocenters. The van der Waals surface area contributed by atoms with Crippen molar-refractivity contribution in [3.8, 4) is 0 Å². The molecule has 0 aromatic heterocycles. The number of carbonyl (C=O) groups is 2. The average molecular weight is 270 g/mol. The highest BCUT2D eigenvalue weighted by molar-refractivity contribution is 6.22. The molecular formula is C16H14O4. The molecule has 0 bridgehead atoms. The summed E-state index contributed by atoms with van der Waals surface area (Å²) in [6, 6.07) is 12.4. The van der Waals surface area contributed by atoms with E-state index in [1.807, 2.05) is 18.2 Å². The third kappa shape index (κ3) is 3.32. The summed E-state index contributed by atoms with van der Waals surface area (Å²) in [6.07, 6.45) is 0.712. The monoisotopic (exact) mass is 270 g/mol. The Bertz CT molecular complexity index is 666. The molecular weight excluding hydrogens is 256 g/mol. The summed E-state index contributed by atoms with van der Waals surface area (Å²) in [5, 5.41) is 19.4. The maximum atomic E-state index is 11.1. The SMILES string of the molecule is C=C.O=C(O)/C=C(\C(=O)O)c1cccc2ccccc12. The van der Waals surface area contributed by atoms with Crippen molar-refractivity contribution in [2.24, 2.45) is 0 Å². The van der Waals surface area contributed by atoms with E-state index in [2.05, 4.69) is 13.2 Å². The van der Waals surface area contributed by atoms with Crippen molar-refractivity contribution in [3.05, 3.63) is 67.3 Å². The van der Waals surface area contributed by atoms with Gasteiger partial charge in [-0.2, -0.15) is 0 Å². The van der Waals surface area contributed by atoms with E-state index in [1.54, 1.807) is 24.3 Å². The molecule has 0 atom stereocenters. The number of carboxylic acid groups (broad SMARTS) is 2. The Labute approximate surface area is 116 Å². The molecule has 4 heteroatoms. The van der Waals surface area contributed by atoms with Crippen molar-refractivity contribution in [2.45, 2.75) is 0 Å². The van der Waals surface area contributed by atoms with Crippen LogP contribution in [0.15, 0.2) is 61.7 Å². The van der Waals surface area contributed by atoms with Crippen LogP contribution in [-0.2, 0) is 9.59 Å². The zero-order valence-corrected chi connectivity index (χ0v) is 10.7. The fourth-order valence-electron chi connectivity index (χ4n) is 1.84. The van der Waals surface area contributed by atoms with Gasteiger partial charge >= 0.3 is 11.9 Å². The van der Waals surface area contributed by atoms with Crippen LogP contribution in [0.25, 0.3) is 16.3 Å². The molecule has 20 heavy (non-hydrogen) atoms. The largest absolute Gasteiger partial charge is 0.478 e. The minimum atomic E-state index is -1.28. The van der Waals surface area contributed by atoms with Gasteiger partial charge in [0.15, 0.2) is 0 Å². The van der Waals surface area contributed by atoms with Gasteiger partial charge in [0.25, 0.3) is 0 Å². The Kier molecular flexibility index (Phi) is 5.23. The number of benzene rings is 2. The Hall–Kier alpha value is -2.88. The number of aliphatic carboxylic acids is 2. The van der Waals surface area contributed by atoms with Crippen molar-refractivity contribution >= 4 is 28.3 Å². The summed E-state index contributed by atoms with van der Waals surface area (Å²) in [5.74, 6) is -2.53. The summed E-state index contributed by atoms with van der Waals surface area (Å²) < 4.78 is 0. The first-order valence-corrected chi connectivity index (χ1v) is 5.75. The maximum absolute atomic E-state index is 11.1. The highest BCUT2D eigenvalue weighted by atomic mass is 16.4. The molecule has 0 heterocycles. The molecule has 102 valence electrons. The molecule has 2 aromatic carbocycles. The van der Waals surface area contributed by atoms with Crippen LogP contribution in [0.4, 0.5) is 0 Å². The van der Waals surface area contributed by atoms with Gasteiger partial charge in [0, 0.05) is 6.08 Å². The minimum absolute atomic E-state index is 0.223. The van der Waals surface area contributed by atoms with E-state index in [4.69, 9.17) is 10.2 Å². The van der Waals surface area contributed by atoms with E-state index < -0.39 is 11.9 Å². The lowest BCUT2D eigenvalue weighted by molar-refractivity contribution is -0.133. The van der Waals surface area contributed by atoms with E-state index in [0.717, 1.165) is 10.8 Å². The molecule has 0 amide bonds. The van der Waals surface area contributed by atoms with Gasteiger partial charge in [-0.15, -0.1) is 13.2 Å². The zero-order chi connectivity index (χ0) is 15.1. The number of hydrogen-bond donors (Lipinski definition) is 2. The molecule has 2 aromatic rings. The van der Waals surface area contributed by atoms with E-state index in [1.165, 1.54) is 0 Å². The number of fused-ring (bicyclic) bond motifs is 1. The lowest BCUT2D eigenvalue weighted by Gasteiger charge is -2.06. The molecule has 0 saturated carbocycles. The van der Waals surface area contributed by atoms with Crippen LogP contribution in [0.3, 0.4) is 0 Å². The molecule has 0 aliphatic rings. The van der Waals surface area contributed by atoms with Gasteiger partial charge in [-0.1, -0.05) is 42.5 Å². The summed E-state index contributed by atoms with van der Waals surface area (Å²) in [4.78, 5) is 21.8. The minimum Gasteiger partial charge on any atom is -0.478 e. The van der Waals surface area contributed by atoms with E-state index in [-0.39, 0.29) is 5.57 Å². The number of carboxylic acids is 2. The van der Waals surface area contributed by atoms with Crippen LogP contribution in [0, 0.1) is 0 Å². The standard InChI is InChI=1S/C14H10O4.C2H4/c15-13(16)8-12(14(17)18)11-7-3-5-9-4-1-2-6-10(9)11;1-2/h1-8H,(H,15,16)(H,17,18);1-2H2/b12-8-;. The number of rotatable bonds is 3. The number of hydrogen-bond acceptors (Lipinski definition) is 2. The van der Waals surface area contributed by atoms with Crippen molar-refractivity contribution in [2.75, 3.05) is 0 Å². The molecule has 4 nitrogen and oxygen atoms in total. The van der Waals surface area contributed by atoms with Gasteiger partial charge in [0.2, 0.25) is 0 Å². The lowest BCUT2D eigenvalue weighted by atomic mass is 9.98. The van der Waals surface area contributed by atoms with Gasteiger partial charge in [-0.3, -0.25) is 0 Å². The van der Waals surface area contributed by atoms with Crippen LogP contribution < -0.4 is 0 Å². The zero-order valence-electron chi connectivity index (χ0n) is 10.7. The Morgan fingerprint density at radius 3 is 2.15 bits per heavy atom. The molecule has 2 rings (SSSR count). The van der Waals surface area contributed by atoms with Crippen LogP contribution in [0.1, 0.15) is 5.56 Å². The van der Waals surface area contributed by atoms with Gasteiger partial charge in [0.05, 0.1) is 5.57 Å². The predicted molar refractivity (Wildman–Crippen MR) is 78.5 cm³/mol. The molecule has 0 aliphatic heterocycles. The van der Waals surface area contributed by atoms with Crippen molar-refractivity contribution in [1.29, 1.82) is 0 Å². The first kappa shape index (κ1) is 15.2. The van der Waals surface area contributed by atoms with E-state index in [0.29, 0.717) is 11.6 Å². The van der Waals surface area contributed by atoms with E-state index in [9.17, 15) is 9.59 Å². The van der Waals surface area contributed by atoms with Crippen molar-refractivity contribution in [3.63, 3.8) is 0 Å². The molecule has 0 saturated heterocycles. The van der Waals surface area contributed by atoms with Crippen LogP contribution in [0.5, 0.6) is 0 Å². The second kappa shape index (κ2) is 6.89. The molecule has 2 N–H and O–H groups in total. The second-order valence-electron chi connectivity index (χ2n) is 3.73. The normalized spacial score (nSPS) is 10.5. The highest BCUT2D eigenvalue weighted by Crippen LogP contribution is 2.25. The predicted octanol–water partition coefficient (Wildman–Crippen LogP) is 3.19. The van der Waals surface area contributed by atoms with Gasteiger partial charge in [0.1, 0.15) is 0 Å². The van der Waals surface area contributed by atoms with Gasteiger partial charge in [-0.05, 0) is 16.3 Å². The Balaban J connectivity index is 0.000000956. The Morgan fingerprint density at radius 1 is 0.950 bits per heavy atom. The summed E-state index contributed by atoms with van der Waals surface area (Å²) in [6.45, 7) is 6.00. The van der Waals surface area contributed by atoms with Crippen LogP contribution >= 0.6 is 0 Å². The smallest absolute Gasteiger partial charge is 0.336 e. The molecule has 0 aliphatic carbocycles. The fourth-order valence-corrected chi connectivity index (χ4v) is 1.84. The maximum Gasteiger partial charge on any atom is 0.336 e. The summed E-state index contributed by atoms with van der Waals surface area (Å²) in [5.41, 5.74) is 0.183. The topological polar surface area (TPSA) is 74.6 Å². The summed E-state index contributed by atoms with van der Waals surface area (Å²) in [7, 11) is 0. The fraction of sp³-hybridized carbons (Fsp3) is 0. The van der Waals surface area contributed by atoms with Gasteiger partial charge < -0.3 is 10.2 Å². The van der Waals surface area contributed by atoms with Crippen molar-refractivity contribution < 1.29 is 19.8 Å². The van der Waals surface area contributed by atoms with Crippen LogP contribution in [0.2, 0.25) is 0 Å². The molecule has 0 fully saturated rings. The van der Waals surface area contributed by atoms with Crippen molar-refractivity contribution in [1.82, 2.24) is 0 Å². The quantitative estimate of drug-likeness (QED) is 0.663. The third-order valence-corrected chi connectivity index (χ3v) is 2.58.